The van der Waals surface area contributed by atoms with Crippen LogP contribution in [-0.2, 0) is 6.42 Å². The fraction of sp³-hybridized carbons (Fsp3) is 0.280. The Kier molecular flexibility index (Phi) is 4.53. The largest absolute Gasteiger partial charge is 0.496 e. The molecule has 0 spiro atoms. The number of pyridine rings is 1. The van der Waals surface area contributed by atoms with Crippen LogP contribution in [0.4, 0.5) is 0 Å². The normalized spacial score (nSPS) is 13.7. The van der Waals surface area contributed by atoms with Gasteiger partial charge in [-0.25, -0.2) is 4.98 Å². The summed E-state index contributed by atoms with van der Waals surface area (Å²) in [6.07, 6.45) is 11.1. The first-order valence-corrected chi connectivity index (χ1v) is 11.2. The van der Waals surface area contributed by atoms with Crippen molar-refractivity contribution in [1.82, 2.24) is 29.4 Å². The number of aryl methyl sites for hydroxylation is 2. The summed E-state index contributed by atoms with van der Waals surface area (Å²) in [4.78, 5) is 4.67. The summed E-state index contributed by atoms with van der Waals surface area (Å²) in [5, 5.41) is 12.8. The van der Waals surface area contributed by atoms with Gasteiger partial charge in [-0.2, -0.15) is 5.10 Å². The molecule has 0 saturated heterocycles. The molecule has 4 heterocycles. The molecule has 0 radical (unpaired) electrons. The van der Waals surface area contributed by atoms with Crippen molar-refractivity contribution in [3.63, 3.8) is 0 Å². The Bertz CT molecular complexity index is 1470. The number of benzene rings is 1. The van der Waals surface area contributed by atoms with Crippen molar-refractivity contribution in [2.24, 2.45) is 0 Å². The number of rotatable bonds is 6. The number of aromatic nitrogens is 6. The minimum absolute atomic E-state index is 0.474. The number of hydrogen-bond donors (Lipinski definition) is 0. The zero-order chi connectivity index (χ0) is 22.5. The van der Waals surface area contributed by atoms with Crippen molar-refractivity contribution in [3.8, 4) is 39.6 Å². The lowest BCUT2D eigenvalue weighted by Crippen LogP contribution is -1.95. The molecule has 0 amide bonds. The quantitative estimate of drug-likeness (QED) is 0.364. The summed E-state index contributed by atoms with van der Waals surface area (Å²) >= 11 is 0. The molecule has 0 unspecified atom stereocenters. The summed E-state index contributed by atoms with van der Waals surface area (Å²) in [5.41, 5.74) is 6.91. The molecule has 1 aliphatic rings. The maximum absolute atomic E-state index is 5.79. The van der Waals surface area contributed by atoms with Crippen LogP contribution in [0.25, 0.3) is 39.5 Å². The first-order chi connectivity index (χ1) is 16.1. The molecular weight excluding hydrogens is 416 g/mol. The van der Waals surface area contributed by atoms with Gasteiger partial charge < -0.3 is 9.15 Å². The Labute approximate surface area is 190 Å². The third-order valence-corrected chi connectivity index (χ3v) is 6.17. The van der Waals surface area contributed by atoms with Crippen LogP contribution in [-0.4, -0.2) is 36.5 Å². The van der Waals surface area contributed by atoms with Crippen LogP contribution in [0, 0.1) is 6.92 Å². The van der Waals surface area contributed by atoms with Gasteiger partial charge in [0.05, 0.1) is 36.8 Å². The van der Waals surface area contributed by atoms with E-state index < -0.39 is 0 Å². The van der Waals surface area contributed by atoms with Crippen LogP contribution < -0.4 is 4.74 Å². The van der Waals surface area contributed by atoms with E-state index in [0.29, 0.717) is 30.0 Å². The van der Waals surface area contributed by atoms with Crippen LogP contribution in [0.5, 0.6) is 5.75 Å². The Morgan fingerprint density at radius 3 is 2.73 bits per heavy atom. The summed E-state index contributed by atoms with van der Waals surface area (Å²) in [6.45, 7) is 4.01. The molecule has 1 aromatic carbocycles. The Morgan fingerprint density at radius 1 is 1.09 bits per heavy atom. The predicted molar refractivity (Wildman–Crippen MR) is 124 cm³/mol. The van der Waals surface area contributed by atoms with Crippen molar-refractivity contribution >= 4 is 5.65 Å². The van der Waals surface area contributed by atoms with Gasteiger partial charge in [-0.3, -0.25) is 9.08 Å². The van der Waals surface area contributed by atoms with Crippen molar-refractivity contribution in [3.05, 3.63) is 60.5 Å². The zero-order valence-electron chi connectivity index (χ0n) is 18.8. The minimum atomic E-state index is 0.474. The lowest BCUT2D eigenvalue weighted by Gasteiger charge is -2.12. The molecule has 8 nitrogen and oxygen atoms in total. The van der Waals surface area contributed by atoms with Gasteiger partial charge in [0.15, 0.2) is 0 Å². The Balaban J connectivity index is 1.39. The van der Waals surface area contributed by atoms with Gasteiger partial charge in [0.2, 0.25) is 5.89 Å². The molecule has 0 atom stereocenters. The highest BCUT2D eigenvalue weighted by atomic mass is 16.5. The predicted octanol–water partition coefficient (Wildman–Crippen LogP) is 5.13. The van der Waals surface area contributed by atoms with E-state index in [4.69, 9.17) is 9.15 Å². The third-order valence-electron chi connectivity index (χ3n) is 6.17. The molecule has 33 heavy (non-hydrogen) atoms. The molecule has 1 aliphatic carbocycles. The number of fused-ring (bicyclic) bond motifs is 1. The minimum Gasteiger partial charge on any atom is -0.496 e. The van der Waals surface area contributed by atoms with Crippen LogP contribution in [0.3, 0.4) is 0 Å². The monoisotopic (exact) mass is 440 g/mol. The smallest absolute Gasteiger partial charge is 0.251 e. The number of hydrogen-bond acceptors (Lipinski definition) is 6. The van der Waals surface area contributed by atoms with Gasteiger partial charge in [0.1, 0.15) is 11.4 Å². The molecular formula is C25H24N6O2. The van der Waals surface area contributed by atoms with Gasteiger partial charge in [0, 0.05) is 29.9 Å². The molecule has 6 rings (SSSR count). The first kappa shape index (κ1) is 19.7. The molecule has 0 bridgehead atoms. The van der Waals surface area contributed by atoms with Gasteiger partial charge in [-0.1, -0.05) is 6.92 Å². The fourth-order valence-electron chi connectivity index (χ4n) is 4.23. The van der Waals surface area contributed by atoms with Gasteiger partial charge in [-0.15, -0.1) is 10.2 Å². The molecule has 0 aliphatic heterocycles. The van der Waals surface area contributed by atoms with Gasteiger partial charge in [0.25, 0.3) is 5.89 Å². The SMILES string of the molecule is CCc1nnc(-c2c(C)cc(-c3cnc4cc(-c5cnn(C6CC6)c5)ccn34)cc2OC)o1. The van der Waals surface area contributed by atoms with Gasteiger partial charge >= 0.3 is 0 Å². The second-order valence-corrected chi connectivity index (χ2v) is 8.45. The number of imidazole rings is 1. The standard InChI is InChI=1S/C25H24N6O2/c1-4-23-28-29-25(33-23)24-15(2)9-17(10-21(24)32-3)20-13-26-22-11-16(7-8-30(20)22)18-12-27-31(14-18)19-5-6-19/h7-14,19H,4-6H2,1-3H3. The number of ether oxygens (including phenoxy) is 1. The zero-order valence-corrected chi connectivity index (χ0v) is 18.8. The third kappa shape index (κ3) is 3.38. The van der Waals surface area contributed by atoms with E-state index in [9.17, 15) is 0 Å². The average Bonchev–Trinajstić information content (AvgIpc) is 3.24. The Hall–Kier alpha value is -3.94. The van der Waals surface area contributed by atoms with Crippen molar-refractivity contribution < 1.29 is 9.15 Å². The Morgan fingerprint density at radius 2 is 1.97 bits per heavy atom. The summed E-state index contributed by atoms with van der Waals surface area (Å²) in [7, 11) is 1.65. The average molecular weight is 441 g/mol. The molecule has 0 N–H and O–H groups in total. The maximum atomic E-state index is 5.79. The van der Waals surface area contributed by atoms with Crippen LogP contribution in [0.15, 0.2) is 53.5 Å². The summed E-state index contributed by atoms with van der Waals surface area (Å²) < 4.78 is 15.7. The van der Waals surface area contributed by atoms with E-state index in [0.717, 1.165) is 39.2 Å². The van der Waals surface area contributed by atoms with E-state index in [-0.39, 0.29) is 0 Å². The van der Waals surface area contributed by atoms with Crippen molar-refractivity contribution in [2.45, 2.75) is 39.2 Å². The van der Waals surface area contributed by atoms with E-state index in [1.807, 2.05) is 32.3 Å². The van der Waals surface area contributed by atoms with E-state index in [2.05, 4.69) is 60.0 Å². The lowest BCUT2D eigenvalue weighted by molar-refractivity contribution is 0.413. The van der Waals surface area contributed by atoms with E-state index in [1.165, 1.54) is 12.8 Å². The van der Waals surface area contributed by atoms with Gasteiger partial charge in [-0.05, 0) is 55.2 Å². The molecule has 8 heteroatoms. The lowest BCUT2D eigenvalue weighted by atomic mass is 10.0. The maximum Gasteiger partial charge on any atom is 0.251 e. The number of nitrogens with zero attached hydrogens (tertiary/aromatic N) is 6. The molecule has 1 saturated carbocycles. The highest BCUT2D eigenvalue weighted by Crippen LogP contribution is 2.38. The van der Waals surface area contributed by atoms with Crippen LogP contribution in [0.2, 0.25) is 0 Å². The highest BCUT2D eigenvalue weighted by Gasteiger charge is 2.24. The molecule has 5 aromatic rings. The molecule has 166 valence electrons. The number of methoxy groups -OCH3 is 1. The van der Waals surface area contributed by atoms with Crippen LogP contribution >= 0.6 is 0 Å². The van der Waals surface area contributed by atoms with Crippen molar-refractivity contribution in [2.75, 3.05) is 7.11 Å². The second-order valence-electron chi connectivity index (χ2n) is 8.45. The summed E-state index contributed by atoms with van der Waals surface area (Å²) in [5.74, 6) is 1.77. The van der Waals surface area contributed by atoms with E-state index >= 15 is 0 Å². The fourth-order valence-corrected chi connectivity index (χ4v) is 4.23. The van der Waals surface area contributed by atoms with Crippen molar-refractivity contribution in [1.29, 1.82) is 0 Å². The van der Waals surface area contributed by atoms with E-state index in [1.54, 1.807) is 7.11 Å². The molecule has 4 aromatic heterocycles. The topological polar surface area (TPSA) is 83.3 Å². The second kappa shape index (κ2) is 7.58. The summed E-state index contributed by atoms with van der Waals surface area (Å²) in [6, 6.07) is 8.87. The highest BCUT2D eigenvalue weighted by molar-refractivity contribution is 5.76. The first-order valence-electron chi connectivity index (χ1n) is 11.2. The van der Waals surface area contributed by atoms with Crippen LogP contribution in [0.1, 0.15) is 37.3 Å². The molecule has 1 fully saturated rings.